The molecule has 0 aliphatic carbocycles. The highest BCUT2D eigenvalue weighted by molar-refractivity contribution is 5.87. The highest BCUT2D eigenvalue weighted by Crippen LogP contribution is 2.14. The number of benzene rings is 2. The van der Waals surface area contributed by atoms with E-state index in [4.69, 9.17) is 5.73 Å². The number of carbonyl (C=O) groups is 2. The van der Waals surface area contributed by atoms with Crippen LogP contribution in [0.4, 0.5) is 8.78 Å². The number of hydrogen-bond acceptors (Lipinski definition) is 2. The second-order valence-corrected chi connectivity index (χ2v) is 5.05. The molecule has 0 saturated heterocycles. The van der Waals surface area contributed by atoms with Gasteiger partial charge in [-0.1, -0.05) is 30.3 Å². The van der Waals surface area contributed by atoms with E-state index >= 15 is 0 Å². The summed E-state index contributed by atoms with van der Waals surface area (Å²) in [6.45, 7) is 0. The maximum Gasteiger partial charge on any atom is 0.244 e. The van der Waals surface area contributed by atoms with Crippen LogP contribution in [0.2, 0.25) is 0 Å². The van der Waals surface area contributed by atoms with E-state index < -0.39 is 29.5 Å². The molecule has 120 valence electrons. The van der Waals surface area contributed by atoms with Crippen molar-refractivity contribution in [2.75, 3.05) is 0 Å². The first-order chi connectivity index (χ1) is 11.0. The van der Waals surface area contributed by atoms with Gasteiger partial charge in [0.1, 0.15) is 17.7 Å². The van der Waals surface area contributed by atoms with Crippen molar-refractivity contribution in [3.05, 3.63) is 71.3 Å². The second kappa shape index (κ2) is 7.49. The molecule has 23 heavy (non-hydrogen) atoms. The van der Waals surface area contributed by atoms with Gasteiger partial charge in [0.25, 0.3) is 0 Å². The molecule has 0 aliphatic heterocycles. The van der Waals surface area contributed by atoms with Crippen LogP contribution in [0, 0.1) is 11.6 Å². The second-order valence-electron chi connectivity index (χ2n) is 5.05. The van der Waals surface area contributed by atoms with E-state index in [9.17, 15) is 18.4 Å². The minimum absolute atomic E-state index is 0.0235. The number of hydrogen-bond donors (Lipinski definition) is 2. The van der Waals surface area contributed by atoms with Crippen LogP contribution in [0.5, 0.6) is 0 Å². The Morgan fingerprint density at radius 3 is 2.43 bits per heavy atom. The summed E-state index contributed by atoms with van der Waals surface area (Å²) in [5, 5.41) is 2.51. The Kier molecular flexibility index (Phi) is 5.41. The standard InChI is InChI=1S/C17H16F2N2O2/c18-13-7-8-14(19)12(10-13)6-9-15(22)21-16(17(20)23)11-4-2-1-3-5-11/h1-5,7-8,10,16H,6,9H2,(H2,20,23)(H,21,22)/t16-/m1/s1. The van der Waals surface area contributed by atoms with Crippen molar-refractivity contribution < 1.29 is 18.4 Å². The normalized spacial score (nSPS) is 11.7. The van der Waals surface area contributed by atoms with Crippen LogP contribution in [0.15, 0.2) is 48.5 Å². The van der Waals surface area contributed by atoms with Gasteiger partial charge in [0.2, 0.25) is 11.8 Å². The summed E-state index contributed by atoms with van der Waals surface area (Å²) in [6, 6.07) is 10.7. The first-order valence-corrected chi connectivity index (χ1v) is 7.05. The Labute approximate surface area is 132 Å². The largest absolute Gasteiger partial charge is 0.368 e. The molecule has 0 heterocycles. The van der Waals surface area contributed by atoms with E-state index in [1.165, 1.54) is 0 Å². The lowest BCUT2D eigenvalue weighted by atomic mass is 10.1. The molecule has 0 unspecified atom stereocenters. The quantitative estimate of drug-likeness (QED) is 0.857. The topological polar surface area (TPSA) is 72.2 Å². The molecule has 0 saturated carbocycles. The number of amides is 2. The Hall–Kier alpha value is -2.76. The Morgan fingerprint density at radius 2 is 1.78 bits per heavy atom. The number of halogens is 2. The summed E-state index contributed by atoms with van der Waals surface area (Å²) in [7, 11) is 0. The predicted molar refractivity (Wildman–Crippen MR) is 81.2 cm³/mol. The first kappa shape index (κ1) is 16.6. The van der Waals surface area contributed by atoms with Gasteiger partial charge in [-0.25, -0.2) is 8.78 Å². The van der Waals surface area contributed by atoms with Crippen LogP contribution >= 0.6 is 0 Å². The van der Waals surface area contributed by atoms with Gasteiger partial charge in [-0.3, -0.25) is 9.59 Å². The van der Waals surface area contributed by atoms with Gasteiger partial charge in [0.05, 0.1) is 0 Å². The third kappa shape index (κ3) is 4.60. The summed E-state index contributed by atoms with van der Waals surface area (Å²) in [6.07, 6.45) is -0.0628. The average Bonchev–Trinajstić information content (AvgIpc) is 2.54. The Morgan fingerprint density at radius 1 is 1.09 bits per heavy atom. The fourth-order valence-electron chi connectivity index (χ4n) is 2.18. The van der Waals surface area contributed by atoms with Crippen LogP contribution in [-0.4, -0.2) is 11.8 Å². The third-order valence-electron chi connectivity index (χ3n) is 3.35. The molecule has 0 fully saturated rings. The number of primary amides is 1. The molecule has 4 nitrogen and oxygen atoms in total. The number of carbonyl (C=O) groups excluding carboxylic acids is 2. The summed E-state index contributed by atoms with van der Waals surface area (Å²) < 4.78 is 26.6. The van der Waals surface area contributed by atoms with E-state index in [0.29, 0.717) is 5.56 Å². The number of nitrogens with two attached hydrogens (primary N) is 1. The van der Waals surface area contributed by atoms with Crippen molar-refractivity contribution in [2.45, 2.75) is 18.9 Å². The molecule has 6 heteroatoms. The number of aryl methyl sites for hydroxylation is 1. The fourth-order valence-corrected chi connectivity index (χ4v) is 2.18. The lowest BCUT2D eigenvalue weighted by molar-refractivity contribution is -0.127. The van der Waals surface area contributed by atoms with Gasteiger partial charge < -0.3 is 11.1 Å². The molecular formula is C17H16F2N2O2. The fraction of sp³-hybridized carbons (Fsp3) is 0.176. The van der Waals surface area contributed by atoms with E-state index in [0.717, 1.165) is 18.2 Å². The molecule has 0 aliphatic rings. The maximum absolute atomic E-state index is 13.5. The Bertz CT molecular complexity index is 705. The molecule has 0 radical (unpaired) electrons. The highest BCUT2D eigenvalue weighted by Gasteiger charge is 2.20. The van der Waals surface area contributed by atoms with Gasteiger partial charge in [-0.05, 0) is 35.7 Å². The molecule has 1 atom stereocenters. The van der Waals surface area contributed by atoms with Crippen molar-refractivity contribution in [1.29, 1.82) is 0 Å². The van der Waals surface area contributed by atoms with E-state index in [-0.39, 0.29) is 18.4 Å². The molecule has 3 N–H and O–H groups in total. The lowest BCUT2D eigenvalue weighted by Crippen LogP contribution is -2.37. The summed E-state index contributed by atoms with van der Waals surface area (Å²) >= 11 is 0. The molecule has 2 aromatic rings. The predicted octanol–water partition coefficient (Wildman–Crippen LogP) is 2.24. The van der Waals surface area contributed by atoms with Gasteiger partial charge in [-0.2, -0.15) is 0 Å². The summed E-state index contributed by atoms with van der Waals surface area (Å²) in [5.74, 6) is -2.31. The molecule has 0 aromatic heterocycles. The van der Waals surface area contributed by atoms with Crippen molar-refractivity contribution in [1.82, 2.24) is 5.32 Å². The average molecular weight is 318 g/mol. The van der Waals surface area contributed by atoms with Crippen molar-refractivity contribution >= 4 is 11.8 Å². The van der Waals surface area contributed by atoms with Crippen LogP contribution in [-0.2, 0) is 16.0 Å². The molecule has 0 bridgehead atoms. The zero-order valence-corrected chi connectivity index (χ0v) is 12.3. The van der Waals surface area contributed by atoms with Crippen molar-refractivity contribution in [3.8, 4) is 0 Å². The van der Waals surface area contributed by atoms with Gasteiger partial charge in [0.15, 0.2) is 0 Å². The van der Waals surface area contributed by atoms with E-state index in [1.54, 1.807) is 30.3 Å². The zero-order valence-electron chi connectivity index (χ0n) is 12.3. The molecule has 2 aromatic carbocycles. The van der Waals surface area contributed by atoms with Gasteiger partial charge in [-0.15, -0.1) is 0 Å². The van der Waals surface area contributed by atoms with Gasteiger partial charge in [0, 0.05) is 6.42 Å². The molecule has 0 spiro atoms. The SMILES string of the molecule is NC(=O)[C@H](NC(=O)CCc1cc(F)ccc1F)c1ccccc1. The highest BCUT2D eigenvalue weighted by atomic mass is 19.1. The molecule has 2 amide bonds. The summed E-state index contributed by atoms with van der Waals surface area (Å²) in [4.78, 5) is 23.5. The monoisotopic (exact) mass is 318 g/mol. The number of nitrogens with one attached hydrogen (secondary N) is 1. The van der Waals surface area contributed by atoms with Crippen molar-refractivity contribution in [2.24, 2.45) is 5.73 Å². The third-order valence-corrected chi connectivity index (χ3v) is 3.35. The van der Waals surface area contributed by atoms with Crippen LogP contribution in [0.3, 0.4) is 0 Å². The number of rotatable bonds is 6. The molecule has 2 rings (SSSR count). The van der Waals surface area contributed by atoms with Crippen LogP contribution in [0.25, 0.3) is 0 Å². The minimum Gasteiger partial charge on any atom is -0.368 e. The smallest absolute Gasteiger partial charge is 0.244 e. The van der Waals surface area contributed by atoms with Crippen LogP contribution in [0.1, 0.15) is 23.6 Å². The van der Waals surface area contributed by atoms with Crippen molar-refractivity contribution in [3.63, 3.8) is 0 Å². The first-order valence-electron chi connectivity index (χ1n) is 7.05. The van der Waals surface area contributed by atoms with Crippen LogP contribution < -0.4 is 11.1 Å². The lowest BCUT2D eigenvalue weighted by Gasteiger charge is -2.16. The van der Waals surface area contributed by atoms with Gasteiger partial charge >= 0.3 is 0 Å². The zero-order chi connectivity index (χ0) is 16.8. The maximum atomic E-state index is 13.5. The minimum atomic E-state index is -0.957. The summed E-state index contributed by atoms with van der Waals surface area (Å²) in [5.41, 5.74) is 5.97. The molecular weight excluding hydrogens is 302 g/mol. The van der Waals surface area contributed by atoms with E-state index in [1.807, 2.05) is 0 Å². The Balaban J connectivity index is 2.00. The van der Waals surface area contributed by atoms with E-state index in [2.05, 4.69) is 5.32 Å².